The monoisotopic (exact) mass is 422 g/mol. The number of hydrogen-bond acceptors (Lipinski definition) is 6. The Labute approximate surface area is 170 Å². The lowest BCUT2D eigenvalue weighted by atomic mass is 10.1. The summed E-state index contributed by atoms with van der Waals surface area (Å²) in [7, 11) is 0. The maximum atomic E-state index is 12.6. The predicted octanol–water partition coefficient (Wildman–Crippen LogP) is 4.44. The van der Waals surface area contributed by atoms with E-state index in [1.165, 1.54) is 0 Å². The molecular formula is C20H21F3N4O3. The third-order valence-electron chi connectivity index (χ3n) is 4.22. The van der Waals surface area contributed by atoms with Crippen molar-refractivity contribution in [3.8, 4) is 17.1 Å². The van der Waals surface area contributed by atoms with Gasteiger partial charge in [0.2, 0.25) is 5.82 Å². The lowest BCUT2D eigenvalue weighted by Gasteiger charge is -2.19. The molecule has 1 aromatic carbocycles. The van der Waals surface area contributed by atoms with Crippen LogP contribution in [0.5, 0.6) is 0 Å². The summed E-state index contributed by atoms with van der Waals surface area (Å²) in [5.74, 6) is -1.90. The van der Waals surface area contributed by atoms with E-state index in [0.717, 1.165) is 11.3 Å². The van der Waals surface area contributed by atoms with E-state index in [0.29, 0.717) is 16.9 Å². The van der Waals surface area contributed by atoms with Gasteiger partial charge in [0, 0.05) is 16.8 Å². The summed E-state index contributed by atoms with van der Waals surface area (Å²) in [6, 6.07) is 6.50. The number of esters is 1. The van der Waals surface area contributed by atoms with Crippen LogP contribution < -0.4 is 0 Å². The van der Waals surface area contributed by atoms with Crippen LogP contribution in [0.3, 0.4) is 0 Å². The van der Waals surface area contributed by atoms with Crippen molar-refractivity contribution in [2.45, 2.75) is 52.8 Å². The molecule has 0 aliphatic heterocycles. The first-order valence-electron chi connectivity index (χ1n) is 9.14. The Morgan fingerprint density at radius 1 is 1.13 bits per heavy atom. The Morgan fingerprint density at radius 3 is 2.30 bits per heavy atom. The van der Waals surface area contributed by atoms with Gasteiger partial charge in [-0.25, -0.2) is 4.68 Å². The SMILES string of the molecule is Cc1nn(-c2ccc(-c3noc(C(F)(F)F)n3)cc2)c(C)c1CC(=O)OC(C)(C)C. The second-order valence-corrected chi connectivity index (χ2v) is 7.79. The van der Waals surface area contributed by atoms with Gasteiger partial charge in [0.1, 0.15) is 5.60 Å². The van der Waals surface area contributed by atoms with Crippen LogP contribution in [0.1, 0.15) is 43.6 Å². The fourth-order valence-corrected chi connectivity index (χ4v) is 2.91. The molecule has 0 fully saturated rings. The second-order valence-electron chi connectivity index (χ2n) is 7.79. The summed E-state index contributed by atoms with van der Waals surface area (Å²) in [6.45, 7) is 9.04. The molecule has 0 aliphatic carbocycles. The van der Waals surface area contributed by atoms with Gasteiger partial charge in [-0.3, -0.25) is 4.79 Å². The van der Waals surface area contributed by atoms with E-state index < -0.39 is 17.7 Å². The van der Waals surface area contributed by atoms with Gasteiger partial charge in [0.15, 0.2) is 0 Å². The maximum absolute atomic E-state index is 12.6. The molecule has 0 amide bonds. The number of rotatable bonds is 4. The number of benzene rings is 1. The molecule has 0 unspecified atom stereocenters. The zero-order chi connectivity index (χ0) is 22.3. The maximum Gasteiger partial charge on any atom is 0.471 e. The number of ether oxygens (including phenoxy) is 1. The zero-order valence-electron chi connectivity index (χ0n) is 17.2. The number of halogens is 3. The lowest BCUT2D eigenvalue weighted by molar-refractivity contribution is -0.159. The van der Waals surface area contributed by atoms with Crippen LogP contribution in [0.4, 0.5) is 13.2 Å². The van der Waals surface area contributed by atoms with Gasteiger partial charge in [-0.15, -0.1) is 0 Å². The molecule has 0 bridgehead atoms. The van der Waals surface area contributed by atoms with Crippen molar-refractivity contribution >= 4 is 5.97 Å². The summed E-state index contributed by atoms with van der Waals surface area (Å²) in [4.78, 5) is 15.6. The van der Waals surface area contributed by atoms with Crippen molar-refractivity contribution in [1.29, 1.82) is 0 Å². The van der Waals surface area contributed by atoms with Crippen LogP contribution in [0, 0.1) is 13.8 Å². The first-order chi connectivity index (χ1) is 13.8. The van der Waals surface area contributed by atoms with Crippen molar-refractivity contribution in [1.82, 2.24) is 19.9 Å². The van der Waals surface area contributed by atoms with Crippen LogP contribution in [0.15, 0.2) is 28.8 Å². The predicted molar refractivity (Wildman–Crippen MR) is 101 cm³/mol. The van der Waals surface area contributed by atoms with Crippen LogP contribution >= 0.6 is 0 Å². The molecule has 0 spiro atoms. The Morgan fingerprint density at radius 2 is 1.77 bits per heavy atom. The summed E-state index contributed by atoms with van der Waals surface area (Å²) < 4.78 is 49.2. The molecule has 0 saturated carbocycles. The highest BCUT2D eigenvalue weighted by Gasteiger charge is 2.38. The Balaban J connectivity index is 1.83. The van der Waals surface area contributed by atoms with Crippen LogP contribution in [-0.4, -0.2) is 31.5 Å². The molecule has 0 N–H and O–H groups in total. The average Bonchev–Trinajstić information content (AvgIpc) is 3.21. The molecule has 3 aromatic rings. The molecule has 160 valence electrons. The Hall–Kier alpha value is -3.17. The molecule has 0 aliphatic rings. The van der Waals surface area contributed by atoms with Crippen molar-refractivity contribution in [3.05, 3.63) is 47.1 Å². The van der Waals surface area contributed by atoms with Crippen LogP contribution in [0.2, 0.25) is 0 Å². The smallest absolute Gasteiger partial charge is 0.460 e. The van der Waals surface area contributed by atoms with E-state index in [2.05, 4.69) is 19.8 Å². The number of aryl methyl sites for hydroxylation is 1. The minimum Gasteiger partial charge on any atom is -0.460 e. The molecule has 2 heterocycles. The van der Waals surface area contributed by atoms with Gasteiger partial charge >= 0.3 is 18.0 Å². The Kier molecular flexibility index (Phi) is 5.44. The Bertz CT molecular complexity index is 1060. The summed E-state index contributed by atoms with van der Waals surface area (Å²) in [5, 5.41) is 7.85. The summed E-state index contributed by atoms with van der Waals surface area (Å²) in [5.41, 5.74) is 2.69. The number of aromatic nitrogens is 4. The molecule has 10 heteroatoms. The van der Waals surface area contributed by atoms with Crippen LogP contribution in [0.25, 0.3) is 17.1 Å². The number of nitrogens with zero attached hydrogens (tertiary/aromatic N) is 4. The topological polar surface area (TPSA) is 83.0 Å². The van der Waals surface area contributed by atoms with Gasteiger partial charge in [-0.1, -0.05) is 5.16 Å². The molecule has 0 saturated heterocycles. The quantitative estimate of drug-likeness (QED) is 0.578. The van der Waals surface area contributed by atoms with Crippen molar-refractivity contribution in [2.24, 2.45) is 0 Å². The van der Waals surface area contributed by atoms with E-state index in [-0.39, 0.29) is 18.2 Å². The number of alkyl halides is 3. The van der Waals surface area contributed by atoms with E-state index in [9.17, 15) is 18.0 Å². The molecule has 0 atom stereocenters. The number of hydrogen-bond donors (Lipinski definition) is 0. The third-order valence-corrected chi connectivity index (χ3v) is 4.22. The second kappa shape index (κ2) is 7.58. The van der Waals surface area contributed by atoms with Gasteiger partial charge in [0.05, 0.1) is 17.8 Å². The van der Waals surface area contributed by atoms with E-state index in [4.69, 9.17) is 4.74 Å². The standard InChI is InChI=1S/C20H21F3N4O3/c1-11-15(10-16(28)29-19(3,4)5)12(2)27(25-11)14-8-6-13(7-9-14)17-24-18(30-26-17)20(21,22)23/h6-9H,10H2,1-5H3. The zero-order valence-corrected chi connectivity index (χ0v) is 17.2. The third kappa shape index (κ3) is 4.69. The molecule has 0 radical (unpaired) electrons. The summed E-state index contributed by atoms with van der Waals surface area (Å²) in [6.07, 6.45) is -4.60. The highest BCUT2D eigenvalue weighted by Crippen LogP contribution is 2.29. The highest BCUT2D eigenvalue weighted by molar-refractivity contribution is 5.73. The molecular weight excluding hydrogens is 401 g/mol. The van der Waals surface area contributed by atoms with Gasteiger partial charge in [-0.2, -0.15) is 23.3 Å². The first-order valence-corrected chi connectivity index (χ1v) is 9.14. The fraction of sp³-hybridized carbons (Fsp3) is 0.400. The van der Waals surface area contributed by atoms with E-state index >= 15 is 0 Å². The lowest BCUT2D eigenvalue weighted by Crippen LogP contribution is -2.25. The molecule has 3 rings (SSSR count). The summed E-state index contributed by atoms with van der Waals surface area (Å²) >= 11 is 0. The van der Waals surface area contributed by atoms with Gasteiger partial charge < -0.3 is 9.26 Å². The first kappa shape index (κ1) is 21.5. The number of carbonyl (C=O) groups is 1. The van der Waals surface area contributed by atoms with Gasteiger partial charge in [0.25, 0.3) is 0 Å². The van der Waals surface area contributed by atoms with E-state index in [1.807, 2.05) is 6.92 Å². The minimum absolute atomic E-state index is 0.0934. The molecule has 30 heavy (non-hydrogen) atoms. The molecule has 7 nitrogen and oxygen atoms in total. The normalized spacial score (nSPS) is 12.3. The minimum atomic E-state index is -4.70. The van der Waals surface area contributed by atoms with Crippen molar-refractivity contribution in [2.75, 3.05) is 0 Å². The van der Waals surface area contributed by atoms with Crippen molar-refractivity contribution < 1.29 is 27.2 Å². The van der Waals surface area contributed by atoms with E-state index in [1.54, 1.807) is 56.6 Å². The average molecular weight is 422 g/mol. The molecule has 2 aromatic heterocycles. The highest BCUT2D eigenvalue weighted by atomic mass is 19.4. The number of carbonyl (C=O) groups excluding carboxylic acids is 1. The fourth-order valence-electron chi connectivity index (χ4n) is 2.91. The van der Waals surface area contributed by atoms with Crippen LogP contribution in [-0.2, 0) is 22.1 Å². The largest absolute Gasteiger partial charge is 0.471 e. The van der Waals surface area contributed by atoms with Crippen molar-refractivity contribution in [3.63, 3.8) is 0 Å². The van der Waals surface area contributed by atoms with Gasteiger partial charge in [-0.05, 0) is 58.9 Å².